The molecule has 0 bridgehead atoms. The molecule has 0 aromatic carbocycles. The SMILES string of the molecule is NC1CCNOC1=O. The van der Waals surface area contributed by atoms with Gasteiger partial charge in [0.15, 0.2) is 0 Å². The van der Waals surface area contributed by atoms with Gasteiger partial charge in [-0.15, -0.1) is 0 Å². The van der Waals surface area contributed by atoms with Crippen LogP contribution in [0, 0.1) is 0 Å². The van der Waals surface area contributed by atoms with E-state index in [0.29, 0.717) is 13.0 Å². The Morgan fingerprint density at radius 3 is 3.00 bits per heavy atom. The lowest BCUT2D eigenvalue weighted by molar-refractivity contribution is -0.157. The van der Waals surface area contributed by atoms with E-state index in [1.807, 2.05) is 0 Å². The maximum atomic E-state index is 10.4. The standard InChI is InChI=1S/C4H8N2O2/c5-3-1-2-6-8-4(3)7/h3,6H,1-2,5H2. The van der Waals surface area contributed by atoms with Gasteiger partial charge in [0.1, 0.15) is 6.04 Å². The van der Waals surface area contributed by atoms with E-state index in [1.165, 1.54) is 0 Å². The van der Waals surface area contributed by atoms with Crippen molar-refractivity contribution in [1.29, 1.82) is 0 Å². The lowest BCUT2D eigenvalue weighted by Gasteiger charge is -2.16. The highest BCUT2D eigenvalue weighted by atomic mass is 16.7. The molecule has 3 N–H and O–H groups in total. The zero-order chi connectivity index (χ0) is 5.98. The molecular weight excluding hydrogens is 108 g/mol. The molecule has 0 spiro atoms. The molecule has 46 valence electrons. The molecular formula is C4H8N2O2. The monoisotopic (exact) mass is 116 g/mol. The Labute approximate surface area is 46.9 Å². The maximum Gasteiger partial charge on any atom is 0.341 e. The van der Waals surface area contributed by atoms with Crippen LogP contribution in [-0.4, -0.2) is 18.6 Å². The van der Waals surface area contributed by atoms with Gasteiger partial charge in [-0.2, -0.15) is 5.48 Å². The van der Waals surface area contributed by atoms with Crippen molar-refractivity contribution in [2.45, 2.75) is 12.5 Å². The number of carbonyl (C=O) groups excluding carboxylic acids is 1. The molecule has 0 aromatic rings. The Morgan fingerprint density at radius 1 is 1.88 bits per heavy atom. The van der Waals surface area contributed by atoms with Crippen molar-refractivity contribution in [2.75, 3.05) is 6.54 Å². The molecule has 1 rings (SSSR count). The van der Waals surface area contributed by atoms with E-state index in [4.69, 9.17) is 5.73 Å². The Balaban J connectivity index is 2.39. The van der Waals surface area contributed by atoms with Crippen molar-refractivity contribution in [3.8, 4) is 0 Å². The average Bonchev–Trinajstić information content (AvgIpc) is 1.77. The second-order valence-corrected chi connectivity index (χ2v) is 1.71. The van der Waals surface area contributed by atoms with Gasteiger partial charge in [-0.25, -0.2) is 4.79 Å². The van der Waals surface area contributed by atoms with Gasteiger partial charge >= 0.3 is 5.97 Å². The van der Waals surface area contributed by atoms with Gasteiger partial charge in [-0.3, -0.25) is 0 Å². The van der Waals surface area contributed by atoms with Crippen LogP contribution in [0.3, 0.4) is 0 Å². The van der Waals surface area contributed by atoms with Crippen LogP contribution < -0.4 is 11.2 Å². The van der Waals surface area contributed by atoms with Gasteiger partial charge < -0.3 is 10.6 Å². The minimum Gasteiger partial charge on any atom is -0.369 e. The van der Waals surface area contributed by atoms with Gasteiger partial charge in [0.05, 0.1) is 0 Å². The molecule has 0 amide bonds. The summed E-state index contributed by atoms with van der Waals surface area (Å²) in [6.07, 6.45) is 0.666. The third-order valence-corrected chi connectivity index (χ3v) is 1.03. The second kappa shape index (κ2) is 2.11. The lowest BCUT2D eigenvalue weighted by Crippen LogP contribution is -2.43. The van der Waals surface area contributed by atoms with Crippen molar-refractivity contribution >= 4 is 5.97 Å². The van der Waals surface area contributed by atoms with Gasteiger partial charge in [0.2, 0.25) is 0 Å². The van der Waals surface area contributed by atoms with E-state index in [-0.39, 0.29) is 5.97 Å². The minimum atomic E-state index is -0.420. The molecule has 4 nitrogen and oxygen atoms in total. The van der Waals surface area contributed by atoms with Crippen molar-refractivity contribution < 1.29 is 9.63 Å². The van der Waals surface area contributed by atoms with E-state index in [9.17, 15) is 4.79 Å². The topological polar surface area (TPSA) is 64.3 Å². The Kier molecular flexibility index (Phi) is 1.45. The van der Waals surface area contributed by atoms with E-state index < -0.39 is 6.04 Å². The highest BCUT2D eigenvalue weighted by Gasteiger charge is 2.18. The number of rotatable bonds is 0. The van der Waals surface area contributed by atoms with Crippen LogP contribution in [0.1, 0.15) is 6.42 Å². The fourth-order valence-electron chi connectivity index (χ4n) is 0.530. The summed E-state index contributed by atoms with van der Waals surface area (Å²) in [4.78, 5) is 14.8. The summed E-state index contributed by atoms with van der Waals surface area (Å²) in [6, 6.07) is -0.420. The van der Waals surface area contributed by atoms with Crippen LogP contribution in [0.4, 0.5) is 0 Å². The number of hydrogen-bond acceptors (Lipinski definition) is 4. The van der Waals surface area contributed by atoms with Crippen LogP contribution in [0.25, 0.3) is 0 Å². The molecule has 0 saturated carbocycles. The molecule has 1 fully saturated rings. The van der Waals surface area contributed by atoms with Gasteiger partial charge in [0, 0.05) is 6.54 Å². The molecule has 1 aliphatic rings. The summed E-state index contributed by atoms with van der Waals surface area (Å²) in [5.41, 5.74) is 7.70. The highest BCUT2D eigenvalue weighted by Crippen LogP contribution is 1.94. The Morgan fingerprint density at radius 2 is 2.62 bits per heavy atom. The molecule has 1 saturated heterocycles. The van der Waals surface area contributed by atoms with E-state index in [0.717, 1.165) is 0 Å². The van der Waals surface area contributed by atoms with Crippen LogP contribution in [0.15, 0.2) is 0 Å². The van der Waals surface area contributed by atoms with Gasteiger partial charge in [-0.1, -0.05) is 0 Å². The van der Waals surface area contributed by atoms with Crippen molar-refractivity contribution in [3.05, 3.63) is 0 Å². The zero-order valence-electron chi connectivity index (χ0n) is 4.39. The summed E-state index contributed by atoms with van der Waals surface area (Å²) in [6.45, 7) is 0.660. The highest BCUT2D eigenvalue weighted by molar-refractivity contribution is 5.75. The molecule has 8 heavy (non-hydrogen) atoms. The second-order valence-electron chi connectivity index (χ2n) is 1.71. The smallest absolute Gasteiger partial charge is 0.341 e. The van der Waals surface area contributed by atoms with Crippen LogP contribution in [0.5, 0.6) is 0 Å². The summed E-state index contributed by atoms with van der Waals surface area (Å²) < 4.78 is 0. The largest absolute Gasteiger partial charge is 0.369 e. The van der Waals surface area contributed by atoms with Crippen molar-refractivity contribution in [3.63, 3.8) is 0 Å². The summed E-state index contributed by atoms with van der Waals surface area (Å²) in [5.74, 6) is -0.365. The van der Waals surface area contributed by atoms with E-state index >= 15 is 0 Å². The quantitative estimate of drug-likeness (QED) is 0.415. The lowest BCUT2D eigenvalue weighted by atomic mass is 10.2. The molecule has 0 radical (unpaired) electrons. The normalized spacial score (nSPS) is 29.6. The van der Waals surface area contributed by atoms with Crippen molar-refractivity contribution in [1.82, 2.24) is 5.48 Å². The average molecular weight is 116 g/mol. The van der Waals surface area contributed by atoms with Crippen LogP contribution in [-0.2, 0) is 9.63 Å². The van der Waals surface area contributed by atoms with Crippen LogP contribution >= 0.6 is 0 Å². The molecule has 0 aromatic heterocycles. The minimum absolute atomic E-state index is 0.365. The molecule has 0 aliphatic carbocycles. The maximum absolute atomic E-state index is 10.4. The van der Waals surface area contributed by atoms with Gasteiger partial charge in [-0.05, 0) is 6.42 Å². The predicted molar refractivity (Wildman–Crippen MR) is 26.7 cm³/mol. The predicted octanol–water partition coefficient (Wildman–Crippen LogP) is -1.23. The first-order valence-electron chi connectivity index (χ1n) is 2.50. The number of nitrogens with one attached hydrogen (secondary N) is 1. The molecule has 1 aliphatic heterocycles. The summed E-state index contributed by atoms with van der Waals surface area (Å²) in [7, 11) is 0. The van der Waals surface area contributed by atoms with E-state index in [2.05, 4.69) is 10.3 Å². The fraction of sp³-hybridized carbons (Fsp3) is 0.750. The fourth-order valence-corrected chi connectivity index (χ4v) is 0.530. The summed E-state index contributed by atoms with van der Waals surface area (Å²) in [5, 5.41) is 0. The molecule has 4 heteroatoms. The number of carbonyl (C=O) groups is 1. The molecule has 1 heterocycles. The molecule has 1 atom stereocenters. The van der Waals surface area contributed by atoms with Crippen LogP contribution in [0.2, 0.25) is 0 Å². The third kappa shape index (κ3) is 0.962. The number of hydroxylamine groups is 1. The summed E-state index contributed by atoms with van der Waals surface area (Å²) >= 11 is 0. The number of nitrogens with two attached hydrogens (primary N) is 1. The Hall–Kier alpha value is -0.610. The first-order chi connectivity index (χ1) is 3.80. The molecule has 1 unspecified atom stereocenters. The number of hydrogen-bond donors (Lipinski definition) is 2. The third-order valence-electron chi connectivity index (χ3n) is 1.03. The van der Waals surface area contributed by atoms with Gasteiger partial charge in [0.25, 0.3) is 0 Å². The van der Waals surface area contributed by atoms with E-state index in [1.54, 1.807) is 0 Å². The Bertz CT molecular complexity index is 104. The first-order valence-corrected chi connectivity index (χ1v) is 2.50. The zero-order valence-corrected chi connectivity index (χ0v) is 4.39. The van der Waals surface area contributed by atoms with Crippen molar-refractivity contribution in [2.24, 2.45) is 5.73 Å². The first kappa shape index (κ1) is 5.53.